The Balaban J connectivity index is 1.37. The first-order chi connectivity index (χ1) is 14.0. The molecule has 1 atom stereocenters. The molecule has 3 heterocycles. The highest BCUT2D eigenvalue weighted by Gasteiger charge is 2.35. The lowest BCUT2D eigenvalue weighted by Gasteiger charge is -2.18. The van der Waals surface area contributed by atoms with Crippen LogP contribution in [0.15, 0.2) is 30.3 Å². The number of amides is 2. The summed E-state index contributed by atoms with van der Waals surface area (Å²) in [4.78, 5) is 37.7. The third-order valence-electron chi connectivity index (χ3n) is 5.37. The summed E-state index contributed by atoms with van der Waals surface area (Å²) < 4.78 is 13.1. The van der Waals surface area contributed by atoms with E-state index < -0.39 is 5.92 Å². The maximum atomic E-state index is 13.1. The fourth-order valence-electron chi connectivity index (χ4n) is 3.86. The zero-order valence-electron chi connectivity index (χ0n) is 16.4. The van der Waals surface area contributed by atoms with Crippen molar-refractivity contribution in [3.63, 3.8) is 0 Å². The van der Waals surface area contributed by atoms with Gasteiger partial charge in [0.15, 0.2) is 0 Å². The maximum absolute atomic E-state index is 13.1. The van der Waals surface area contributed by atoms with Crippen LogP contribution in [-0.2, 0) is 16.1 Å². The highest BCUT2D eigenvalue weighted by molar-refractivity contribution is 6.00. The third kappa shape index (κ3) is 4.36. The molecule has 2 aromatic rings. The summed E-state index contributed by atoms with van der Waals surface area (Å²) in [5.74, 6) is 0.324. The van der Waals surface area contributed by atoms with Crippen molar-refractivity contribution >= 4 is 23.3 Å². The summed E-state index contributed by atoms with van der Waals surface area (Å²) >= 11 is 0. The van der Waals surface area contributed by atoms with Crippen LogP contribution in [0, 0.1) is 18.7 Å². The second-order valence-electron chi connectivity index (χ2n) is 7.58. The first-order valence-corrected chi connectivity index (χ1v) is 9.93. The van der Waals surface area contributed by atoms with Crippen molar-refractivity contribution in [2.75, 3.05) is 29.4 Å². The summed E-state index contributed by atoms with van der Waals surface area (Å²) in [5.41, 5.74) is 1.47. The molecule has 0 bridgehead atoms. The van der Waals surface area contributed by atoms with Gasteiger partial charge in [-0.1, -0.05) is 0 Å². The van der Waals surface area contributed by atoms with Crippen molar-refractivity contribution in [1.82, 2.24) is 15.3 Å². The average Bonchev–Trinajstić information content (AvgIpc) is 3.36. The minimum atomic E-state index is -0.449. The predicted molar refractivity (Wildman–Crippen MR) is 107 cm³/mol. The van der Waals surface area contributed by atoms with Crippen molar-refractivity contribution in [1.29, 1.82) is 0 Å². The lowest BCUT2D eigenvalue weighted by Crippen LogP contribution is -2.33. The molecule has 0 aliphatic carbocycles. The molecular formula is C21H24FN5O2. The lowest BCUT2D eigenvalue weighted by atomic mass is 10.1. The molecule has 2 saturated heterocycles. The zero-order valence-corrected chi connectivity index (χ0v) is 16.4. The largest absolute Gasteiger partial charge is 0.357 e. The number of hydrogen-bond acceptors (Lipinski definition) is 5. The van der Waals surface area contributed by atoms with Crippen LogP contribution in [0.4, 0.5) is 15.9 Å². The fourth-order valence-corrected chi connectivity index (χ4v) is 3.86. The van der Waals surface area contributed by atoms with Gasteiger partial charge in [0, 0.05) is 43.5 Å². The minimum absolute atomic E-state index is 0.136. The summed E-state index contributed by atoms with van der Waals surface area (Å²) in [6, 6.07) is 7.68. The first kappa shape index (κ1) is 19.3. The van der Waals surface area contributed by atoms with Gasteiger partial charge in [-0.25, -0.2) is 14.4 Å². The highest BCUT2D eigenvalue weighted by atomic mass is 19.1. The smallest absolute Gasteiger partial charge is 0.227 e. The Labute approximate surface area is 168 Å². The number of aryl methyl sites for hydroxylation is 1. The van der Waals surface area contributed by atoms with Gasteiger partial charge in [0.05, 0.1) is 12.5 Å². The van der Waals surface area contributed by atoms with E-state index in [-0.39, 0.29) is 37.1 Å². The summed E-state index contributed by atoms with van der Waals surface area (Å²) in [6.07, 6.45) is 2.46. The molecule has 0 saturated carbocycles. The number of hydrogen-bond donors (Lipinski definition) is 1. The number of aromatic nitrogens is 2. The van der Waals surface area contributed by atoms with Crippen LogP contribution in [0.3, 0.4) is 0 Å². The van der Waals surface area contributed by atoms with Crippen molar-refractivity contribution in [2.45, 2.75) is 32.7 Å². The van der Waals surface area contributed by atoms with E-state index in [2.05, 4.69) is 20.2 Å². The summed E-state index contributed by atoms with van der Waals surface area (Å²) in [7, 11) is 0. The molecule has 152 valence electrons. The van der Waals surface area contributed by atoms with E-state index in [1.807, 2.05) is 13.0 Å². The average molecular weight is 397 g/mol. The molecule has 4 rings (SSSR count). The number of nitrogens with zero attached hydrogens (tertiary/aromatic N) is 4. The van der Waals surface area contributed by atoms with Gasteiger partial charge in [0.25, 0.3) is 0 Å². The molecule has 7 nitrogen and oxygen atoms in total. The second-order valence-corrected chi connectivity index (χ2v) is 7.58. The van der Waals surface area contributed by atoms with E-state index >= 15 is 0 Å². The number of carbonyl (C=O) groups excluding carboxylic acids is 2. The third-order valence-corrected chi connectivity index (χ3v) is 5.37. The maximum Gasteiger partial charge on any atom is 0.227 e. The van der Waals surface area contributed by atoms with Gasteiger partial charge < -0.3 is 15.1 Å². The Bertz CT molecular complexity index is 912. The Morgan fingerprint density at radius 1 is 1.21 bits per heavy atom. The Morgan fingerprint density at radius 3 is 2.66 bits per heavy atom. The van der Waals surface area contributed by atoms with Crippen LogP contribution in [0.25, 0.3) is 0 Å². The molecule has 29 heavy (non-hydrogen) atoms. The lowest BCUT2D eigenvalue weighted by molar-refractivity contribution is -0.126. The minimum Gasteiger partial charge on any atom is -0.357 e. The molecule has 1 unspecified atom stereocenters. The molecule has 0 radical (unpaired) electrons. The standard InChI is InChI=1S/C21H24FN5O2/c1-14-10-19(26-8-2-3-9-26)25-18(24-14)12-23-21(29)15-11-20(28)27(13-15)17-6-4-16(22)5-7-17/h4-7,10,15H,2-3,8-9,11-13H2,1H3,(H,23,29). The number of carbonyl (C=O) groups is 2. The normalized spacial score (nSPS) is 19.1. The Kier molecular flexibility index (Phi) is 5.42. The van der Waals surface area contributed by atoms with Crippen molar-refractivity contribution in [3.8, 4) is 0 Å². The van der Waals surface area contributed by atoms with Gasteiger partial charge in [-0.2, -0.15) is 0 Å². The highest BCUT2D eigenvalue weighted by Crippen LogP contribution is 2.25. The van der Waals surface area contributed by atoms with Crippen molar-refractivity contribution in [3.05, 3.63) is 47.7 Å². The topological polar surface area (TPSA) is 78.4 Å². The van der Waals surface area contributed by atoms with Crippen LogP contribution in [0.5, 0.6) is 0 Å². The number of anilines is 2. The Morgan fingerprint density at radius 2 is 1.93 bits per heavy atom. The van der Waals surface area contributed by atoms with E-state index in [9.17, 15) is 14.0 Å². The number of benzene rings is 1. The van der Waals surface area contributed by atoms with Gasteiger partial charge in [-0.05, 0) is 44.0 Å². The molecular weight excluding hydrogens is 373 g/mol. The molecule has 8 heteroatoms. The summed E-state index contributed by atoms with van der Waals surface area (Å²) in [5, 5.41) is 2.87. The quantitative estimate of drug-likeness (QED) is 0.837. The molecule has 1 aromatic heterocycles. The second kappa shape index (κ2) is 8.14. The van der Waals surface area contributed by atoms with E-state index in [0.29, 0.717) is 11.5 Å². The fraction of sp³-hybridized carbons (Fsp3) is 0.429. The van der Waals surface area contributed by atoms with E-state index in [1.165, 1.54) is 17.0 Å². The molecule has 1 N–H and O–H groups in total. The predicted octanol–water partition coefficient (Wildman–Crippen LogP) is 2.19. The van der Waals surface area contributed by atoms with Crippen LogP contribution in [0.1, 0.15) is 30.8 Å². The van der Waals surface area contributed by atoms with E-state index in [0.717, 1.165) is 37.4 Å². The number of halogens is 1. The molecule has 0 spiro atoms. The number of nitrogens with one attached hydrogen (secondary N) is 1. The molecule has 2 aliphatic heterocycles. The molecule has 2 fully saturated rings. The zero-order chi connectivity index (χ0) is 20.4. The van der Waals surface area contributed by atoms with Crippen LogP contribution < -0.4 is 15.1 Å². The van der Waals surface area contributed by atoms with E-state index in [1.54, 1.807) is 12.1 Å². The summed E-state index contributed by atoms with van der Waals surface area (Å²) in [6.45, 7) is 4.41. The number of rotatable bonds is 5. The van der Waals surface area contributed by atoms with Crippen LogP contribution in [-0.4, -0.2) is 41.4 Å². The SMILES string of the molecule is Cc1cc(N2CCCC2)nc(CNC(=O)C2CC(=O)N(c3ccc(F)cc3)C2)n1. The van der Waals surface area contributed by atoms with Crippen molar-refractivity contribution in [2.24, 2.45) is 5.92 Å². The van der Waals surface area contributed by atoms with Crippen LogP contribution >= 0.6 is 0 Å². The Hall–Kier alpha value is -3.03. The van der Waals surface area contributed by atoms with Gasteiger partial charge in [-0.15, -0.1) is 0 Å². The van der Waals surface area contributed by atoms with Crippen LogP contribution in [0.2, 0.25) is 0 Å². The molecule has 2 amide bonds. The first-order valence-electron chi connectivity index (χ1n) is 9.93. The molecule has 1 aromatic carbocycles. The monoisotopic (exact) mass is 397 g/mol. The molecule has 2 aliphatic rings. The van der Waals surface area contributed by atoms with Gasteiger partial charge in [0.2, 0.25) is 11.8 Å². The van der Waals surface area contributed by atoms with Gasteiger partial charge in [0.1, 0.15) is 17.5 Å². The van der Waals surface area contributed by atoms with Gasteiger partial charge >= 0.3 is 0 Å². The van der Waals surface area contributed by atoms with E-state index in [4.69, 9.17) is 0 Å². The van der Waals surface area contributed by atoms with Gasteiger partial charge in [-0.3, -0.25) is 9.59 Å². The van der Waals surface area contributed by atoms with Crippen molar-refractivity contribution < 1.29 is 14.0 Å².